The molecule has 0 spiro atoms. The topological polar surface area (TPSA) is 99.4 Å². The largest absolute Gasteiger partial charge is 0.489 e. The number of primary amides is 1. The van der Waals surface area contributed by atoms with Crippen LogP contribution in [0.2, 0.25) is 0 Å². The number of ether oxygens (including phenoxy) is 1. The van der Waals surface area contributed by atoms with Crippen molar-refractivity contribution in [2.24, 2.45) is 23.0 Å². The molecule has 6 rings (SSSR count). The molecule has 4 aliphatic rings. The Kier molecular flexibility index (Phi) is 4.38. The summed E-state index contributed by atoms with van der Waals surface area (Å²) in [7, 11) is 0. The predicted molar refractivity (Wildman–Crippen MR) is 122 cm³/mol. The van der Waals surface area contributed by atoms with Crippen molar-refractivity contribution < 1.29 is 19.1 Å². The van der Waals surface area contributed by atoms with Gasteiger partial charge in [0, 0.05) is 48.9 Å². The highest BCUT2D eigenvalue weighted by molar-refractivity contribution is 6.02. The number of benzene rings is 1. The number of allylic oxidation sites excluding steroid dienone is 3. The van der Waals surface area contributed by atoms with Gasteiger partial charge in [-0.25, -0.2) is 0 Å². The van der Waals surface area contributed by atoms with E-state index in [9.17, 15) is 14.4 Å². The van der Waals surface area contributed by atoms with E-state index >= 15 is 0 Å². The van der Waals surface area contributed by atoms with Crippen molar-refractivity contribution >= 4 is 28.2 Å². The normalized spacial score (nSPS) is 33.2. The first kappa shape index (κ1) is 20.3. The molecular weight excluding hydrogens is 416 g/mol. The molecule has 5 atom stereocenters. The number of carbonyl (C=O) groups is 3. The van der Waals surface area contributed by atoms with Crippen LogP contribution in [0.5, 0.6) is 0 Å². The van der Waals surface area contributed by atoms with Gasteiger partial charge in [0.05, 0.1) is 11.5 Å². The SMILES string of the molecule is C[C@]12CCC3=CC4=C(CC(C(N)=O)CC4=O)OC3[C@@H]1CC(=O)[C@@H]2c1ccc2cnccc2c1. The van der Waals surface area contributed by atoms with Crippen molar-refractivity contribution in [2.75, 3.05) is 0 Å². The molecule has 0 saturated heterocycles. The summed E-state index contributed by atoms with van der Waals surface area (Å²) in [4.78, 5) is 42.0. The minimum atomic E-state index is -0.522. The number of rotatable bonds is 2. The second-order valence-corrected chi connectivity index (χ2v) is 10.2. The number of Topliss-reactive ketones (excluding diaryl/α,β-unsaturated/α-hetero) is 2. The Bertz CT molecular complexity index is 1290. The van der Waals surface area contributed by atoms with E-state index in [0.717, 1.165) is 34.8 Å². The van der Waals surface area contributed by atoms with Gasteiger partial charge in [0.25, 0.3) is 0 Å². The van der Waals surface area contributed by atoms with Crippen molar-refractivity contribution in [3.05, 3.63) is 65.2 Å². The fraction of sp³-hybridized carbons (Fsp3) is 0.407. The van der Waals surface area contributed by atoms with Crippen LogP contribution in [-0.4, -0.2) is 28.6 Å². The van der Waals surface area contributed by atoms with Gasteiger partial charge in [-0.15, -0.1) is 0 Å². The molecule has 1 aromatic carbocycles. The molecule has 0 bridgehead atoms. The maximum atomic E-state index is 13.4. The third-order valence-electron chi connectivity index (χ3n) is 8.40. The molecule has 2 N–H and O–H groups in total. The lowest BCUT2D eigenvalue weighted by atomic mass is 9.61. The lowest BCUT2D eigenvalue weighted by Gasteiger charge is -2.47. The Morgan fingerprint density at radius 1 is 1.15 bits per heavy atom. The highest BCUT2D eigenvalue weighted by Gasteiger charge is 2.58. The number of hydrogen-bond donors (Lipinski definition) is 1. The Labute approximate surface area is 191 Å². The van der Waals surface area contributed by atoms with Gasteiger partial charge < -0.3 is 10.5 Å². The number of nitrogens with zero attached hydrogens (tertiary/aromatic N) is 1. The number of pyridine rings is 1. The van der Waals surface area contributed by atoms with E-state index in [2.05, 4.69) is 24.0 Å². The van der Waals surface area contributed by atoms with Crippen molar-refractivity contribution in [2.45, 2.75) is 51.0 Å². The van der Waals surface area contributed by atoms with Gasteiger partial charge in [-0.2, -0.15) is 0 Å². The highest BCUT2D eigenvalue weighted by Crippen LogP contribution is 2.60. The quantitative estimate of drug-likeness (QED) is 0.764. The Morgan fingerprint density at radius 2 is 2.00 bits per heavy atom. The molecule has 2 heterocycles. The van der Waals surface area contributed by atoms with E-state index in [-0.39, 0.29) is 41.3 Å². The lowest BCUT2D eigenvalue weighted by molar-refractivity contribution is -0.127. The monoisotopic (exact) mass is 442 g/mol. The minimum absolute atomic E-state index is 0.0289. The summed E-state index contributed by atoms with van der Waals surface area (Å²) < 4.78 is 6.45. The lowest BCUT2D eigenvalue weighted by Crippen LogP contribution is -2.44. The first-order chi connectivity index (χ1) is 15.8. The van der Waals surface area contributed by atoms with Crippen LogP contribution in [0.4, 0.5) is 0 Å². The zero-order valence-electron chi connectivity index (χ0n) is 18.5. The van der Waals surface area contributed by atoms with E-state index < -0.39 is 11.8 Å². The molecule has 2 aromatic rings. The van der Waals surface area contributed by atoms with Crippen LogP contribution in [0.15, 0.2) is 59.6 Å². The summed E-state index contributed by atoms with van der Waals surface area (Å²) in [5, 5.41) is 2.14. The van der Waals surface area contributed by atoms with Gasteiger partial charge >= 0.3 is 0 Å². The molecule has 6 nitrogen and oxygen atoms in total. The maximum absolute atomic E-state index is 13.4. The fourth-order valence-corrected chi connectivity index (χ4v) is 6.61. The summed E-state index contributed by atoms with van der Waals surface area (Å²) in [6, 6.07) is 8.21. The summed E-state index contributed by atoms with van der Waals surface area (Å²) >= 11 is 0. The Balaban J connectivity index is 1.35. The molecule has 2 fully saturated rings. The first-order valence-corrected chi connectivity index (χ1v) is 11.6. The predicted octanol–water partition coefficient (Wildman–Crippen LogP) is 3.75. The molecular formula is C27H26N2O4. The van der Waals surface area contributed by atoms with Crippen LogP contribution in [0, 0.1) is 17.3 Å². The molecule has 2 unspecified atom stereocenters. The number of aromatic nitrogens is 1. The first-order valence-electron chi connectivity index (χ1n) is 11.6. The van der Waals surface area contributed by atoms with Crippen LogP contribution < -0.4 is 5.73 Å². The standard InChI is InChI=1S/C27H26N2O4/c1-27-6-4-16-9-19-21(30)10-18(26(28)32)11-23(19)33-25(16)20(27)12-22(31)24(27)15-2-3-17-13-29-7-5-14(17)8-15/h2-3,5,7-9,13,18,20,24-25H,4,6,10-12H2,1H3,(H2,28,32)/t18?,20-,24-,25?,27-/m0/s1. The minimum Gasteiger partial charge on any atom is -0.489 e. The molecule has 1 aliphatic heterocycles. The number of carbonyl (C=O) groups excluding carboxylic acids is 3. The molecule has 1 aromatic heterocycles. The second kappa shape index (κ2) is 7.11. The number of ketones is 2. The molecule has 33 heavy (non-hydrogen) atoms. The number of hydrogen-bond acceptors (Lipinski definition) is 5. The Hall–Kier alpha value is -3.28. The van der Waals surface area contributed by atoms with Crippen LogP contribution in [0.1, 0.15) is 50.5 Å². The summed E-state index contributed by atoms with van der Waals surface area (Å²) in [5.74, 6) is -0.411. The van der Waals surface area contributed by atoms with Crippen LogP contribution in [-0.2, 0) is 19.1 Å². The van der Waals surface area contributed by atoms with E-state index in [1.165, 1.54) is 0 Å². The fourth-order valence-electron chi connectivity index (χ4n) is 6.61. The average Bonchev–Trinajstić information content (AvgIpc) is 3.08. The third-order valence-corrected chi connectivity index (χ3v) is 8.40. The van der Waals surface area contributed by atoms with E-state index in [1.807, 2.05) is 24.4 Å². The van der Waals surface area contributed by atoms with Crippen molar-refractivity contribution in [3.8, 4) is 0 Å². The van der Waals surface area contributed by atoms with Gasteiger partial charge in [0.1, 0.15) is 17.6 Å². The van der Waals surface area contributed by atoms with Crippen molar-refractivity contribution in [1.82, 2.24) is 4.98 Å². The van der Waals surface area contributed by atoms with E-state index in [4.69, 9.17) is 10.5 Å². The molecule has 2 saturated carbocycles. The van der Waals surface area contributed by atoms with Crippen LogP contribution >= 0.6 is 0 Å². The molecule has 3 aliphatic carbocycles. The number of fused-ring (bicyclic) bond motifs is 4. The van der Waals surface area contributed by atoms with Gasteiger partial charge in [0.15, 0.2) is 5.78 Å². The highest BCUT2D eigenvalue weighted by atomic mass is 16.5. The molecule has 1 amide bonds. The summed E-state index contributed by atoms with van der Waals surface area (Å²) in [6.07, 6.45) is 7.97. The van der Waals surface area contributed by atoms with Crippen molar-refractivity contribution in [3.63, 3.8) is 0 Å². The second-order valence-electron chi connectivity index (χ2n) is 10.2. The van der Waals surface area contributed by atoms with Gasteiger partial charge in [-0.1, -0.05) is 25.1 Å². The Morgan fingerprint density at radius 3 is 2.82 bits per heavy atom. The number of nitrogens with two attached hydrogens (primary N) is 1. The summed E-state index contributed by atoms with van der Waals surface area (Å²) in [6.45, 7) is 2.21. The van der Waals surface area contributed by atoms with Crippen molar-refractivity contribution in [1.29, 1.82) is 0 Å². The van der Waals surface area contributed by atoms with Gasteiger partial charge in [-0.05, 0) is 46.9 Å². The maximum Gasteiger partial charge on any atom is 0.221 e. The summed E-state index contributed by atoms with van der Waals surface area (Å²) in [5.41, 5.74) is 8.00. The molecule has 168 valence electrons. The molecule has 6 heteroatoms. The number of amides is 1. The zero-order chi connectivity index (χ0) is 22.9. The van der Waals surface area contributed by atoms with Gasteiger partial charge in [0.2, 0.25) is 5.91 Å². The van der Waals surface area contributed by atoms with E-state index in [0.29, 0.717) is 24.2 Å². The smallest absolute Gasteiger partial charge is 0.221 e. The van der Waals surface area contributed by atoms with E-state index in [1.54, 1.807) is 6.20 Å². The third kappa shape index (κ3) is 3.00. The zero-order valence-corrected chi connectivity index (χ0v) is 18.5. The average molecular weight is 443 g/mol. The van der Waals surface area contributed by atoms with Crippen LogP contribution in [0.3, 0.4) is 0 Å². The van der Waals surface area contributed by atoms with Gasteiger partial charge in [-0.3, -0.25) is 19.4 Å². The van der Waals surface area contributed by atoms with Crippen LogP contribution in [0.25, 0.3) is 10.8 Å². The molecule has 0 radical (unpaired) electrons.